The number of aromatic nitrogens is 2. The van der Waals surface area contributed by atoms with Gasteiger partial charge in [0.2, 0.25) is 0 Å². The number of hydrogen-bond donors (Lipinski definition) is 1. The summed E-state index contributed by atoms with van der Waals surface area (Å²) in [6.07, 6.45) is 10.6. The maximum absolute atomic E-state index is 12.6. The van der Waals surface area contributed by atoms with Gasteiger partial charge < -0.3 is 10.6 Å². The normalized spacial score (nSPS) is 16.2. The zero-order chi connectivity index (χ0) is 28.6. The van der Waals surface area contributed by atoms with E-state index < -0.39 is 11.7 Å². The van der Waals surface area contributed by atoms with Gasteiger partial charge in [-0.1, -0.05) is 53.3 Å². The van der Waals surface area contributed by atoms with Crippen LogP contribution in [0.25, 0.3) is 5.57 Å². The predicted molar refractivity (Wildman–Crippen MR) is 160 cm³/mol. The molecule has 206 valence electrons. The number of aryl methyl sites for hydroxylation is 2. The van der Waals surface area contributed by atoms with E-state index in [0.29, 0.717) is 17.1 Å². The summed E-state index contributed by atoms with van der Waals surface area (Å²) >= 11 is 3.92. The molecule has 0 aliphatic carbocycles. The minimum atomic E-state index is -4.39. The molecule has 0 bridgehead atoms. The van der Waals surface area contributed by atoms with E-state index in [2.05, 4.69) is 48.2 Å². The monoisotopic (exact) mass is 739 g/mol. The van der Waals surface area contributed by atoms with Gasteiger partial charge in [-0.3, -0.25) is 4.68 Å². The van der Waals surface area contributed by atoms with Gasteiger partial charge in [0, 0.05) is 31.1 Å². The summed E-state index contributed by atoms with van der Waals surface area (Å²) in [5.74, 6) is 0.505. The molecule has 0 amide bonds. The number of allylic oxidation sites excluding steroid dienone is 7. The third kappa shape index (κ3) is 12.7. The molecule has 0 fully saturated rings. The molecule has 0 spiro atoms. The van der Waals surface area contributed by atoms with E-state index in [1.54, 1.807) is 31.4 Å². The predicted octanol–water partition coefficient (Wildman–Crippen LogP) is 7.52. The number of rotatable bonds is 5. The Morgan fingerprint density at radius 3 is 2.43 bits per heavy atom. The first kappa shape index (κ1) is 35.5. The first-order chi connectivity index (χ1) is 17.5. The summed E-state index contributed by atoms with van der Waals surface area (Å²) in [5, 5.41) is 4.45. The number of halogens is 4. The molecule has 3 rings (SSSR count). The minimum absolute atomic E-state index is 0.0361. The molecule has 0 aromatic carbocycles. The molecule has 2 aliphatic heterocycles. The second kappa shape index (κ2) is 18.7. The van der Waals surface area contributed by atoms with E-state index in [0.717, 1.165) is 49.7 Å². The zero-order valence-corrected chi connectivity index (χ0v) is 27.4. The van der Waals surface area contributed by atoms with E-state index >= 15 is 0 Å². The molecule has 1 aromatic rings. The van der Waals surface area contributed by atoms with E-state index in [1.165, 1.54) is 0 Å². The quantitative estimate of drug-likeness (QED) is 0.193. The Bertz CT molecular complexity index is 965. The molecular weight excluding hydrogens is 700 g/mol. The molecule has 0 atom stereocenters. The van der Waals surface area contributed by atoms with Crippen LogP contribution in [0.3, 0.4) is 0 Å². The number of aliphatic imine (C=N–C) groups is 1. The van der Waals surface area contributed by atoms with Gasteiger partial charge in [-0.15, -0.1) is 0 Å². The maximum atomic E-state index is 12.6. The number of hydrogen-bond acceptors (Lipinski definition) is 4. The molecule has 10 heteroatoms. The Morgan fingerprint density at radius 2 is 1.92 bits per heavy atom. The van der Waals surface area contributed by atoms with Crippen molar-refractivity contribution in [2.75, 3.05) is 7.05 Å². The number of nitrogens with two attached hydrogens (primary N) is 1. The fourth-order valence-corrected chi connectivity index (χ4v) is 3.37. The van der Waals surface area contributed by atoms with Crippen molar-refractivity contribution in [2.45, 2.75) is 73.0 Å². The molecule has 0 saturated carbocycles. The van der Waals surface area contributed by atoms with Gasteiger partial charge in [-0.2, -0.15) is 18.3 Å². The van der Waals surface area contributed by atoms with E-state index in [1.807, 2.05) is 62.5 Å². The van der Waals surface area contributed by atoms with Crippen molar-refractivity contribution in [1.29, 1.82) is 0 Å². The molecule has 37 heavy (non-hydrogen) atoms. The third-order valence-corrected chi connectivity index (χ3v) is 5.25. The Kier molecular flexibility index (Phi) is 18.0. The summed E-state index contributed by atoms with van der Waals surface area (Å²) in [4.78, 5) is 5.96. The van der Waals surface area contributed by atoms with Crippen LogP contribution in [0.5, 0.6) is 0 Å². The molecule has 0 saturated heterocycles. The van der Waals surface area contributed by atoms with Crippen molar-refractivity contribution in [3.05, 3.63) is 71.6 Å². The van der Waals surface area contributed by atoms with Crippen molar-refractivity contribution >= 4 is 49.3 Å². The van der Waals surface area contributed by atoms with Crippen LogP contribution in [0.1, 0.15) is 65.3 Å². The van der Waals surface area contributed by atoms with Gasteiger partial charge in [-0.25, -0.2) is 4.99 Å². The summed E-state index contributed by atoms with van der Waals surface area (Å²) < 4.78 is 39.8. The van der Waals surface area contributed by atoms with Crippen LogP contribution < -0.4 is 5.73 Å². The Morgan fingerprint density at radius 1 is 1.27 bits per heavy atom. The molecule has 2 radical (unpaired) electrons. The van der Waals surface area contributed by atoms with Crippen molar-refractivity contribution in [1.82, 2.24) is 14.7 Å². The molecule has 0 unspecified atom stereocenters. The van der Waals surface area contributed by atoms with Crippen LogP contribution in [0, 0.1) is 5.92 Å². The first-order valence-electron chi connectivity index (χ1n) is 12.4. The third-order valence-electron chi connectivity index (χ3n) is 5.25. The Balaban J connectivity index is 0.000000660. The summed E-state index contributed by atoms with van der Waals surface area (Å²) in [6.45, 7) is 13.8. The van der Waals surface area contributed by atoms with Crippen molar-refractivity contribution in [3.63, 3.8) is 0 Å². The number of alkyl halides is 3. The Hall–Kier alpha value is -1.48. The molecule has 3 heterocycles. The van der Waals surface area contributed by atoms with Crippen molar-refractivity contribution in [3.8, 4) is 0 Å². The molecule has 2 N–H and O–H groups in total. The van der Waals surface area contributed by atoms with Gasteiger partial charge in [0.15, 0.2) is 0 Å². The standard InChI is InChI=1S/C15H19F3N2.C10H15N3.C2H6.HI.Sb/c1-10(2)13(8-11(3)15(16,17)18)14-9-12-6-4-5-7-20(12)19-14;1-3-4-5-6-9-7-12-10(11)8-13(9)2;1-2;;/h8-10H,3-7H2,1-2H3;4-8H,3,11H2,1-2H3;1-2H3;1H;/q;;;;+1/p-1/b13-8+;5-4+,9-6-;;;. The fraction of sp³-hybridized carbons (Fsp3) is 0.481. The van der Waals surface area contributed by atoms with Gasteiger partial charge in [0.05, 0.1) is 17.6 Å². The van der Waals surface area contributed by atoms with Gasteiger partial charge in [-0.05, 0) is 55.4 Å². The SMILES string of the molecule is C=C(/C=C(/c1cc2n(n1)CCCC2)C(C)C)C(F)(F)F.CC.CC/C=C/C=C1/C=NC(N)=CN1C.[Sb][I]. The fourth-order valence-electron chi connectivity index (χ4n) is 3.37. The van der Waals surface area contributed by atoms with E-state index in [4.69, 9.17) is 5.73 Å². The van der Waals surface area contributed by atoms with Crippen LogP contribution in [-0.2, 0) is 13.0 Å². The van der Waals surface area contributed by atoms with Crippen molar-refractivity contribution in [2.24, 2.45) is 16.6 Å². The Labute approximate surface area is 244 Å². The second-order valence-corrected chi connectivity index (χ2v) is 8.33. The van der Waals surface area contributed by atoms with Crippen LogP contribution in [0.15, 0.2) is 65.2 Å². The molecule has 5 nitrogen and oxygen atoms in total. The average Bonchev–Trinajstić information content (AvgIpc) is 3.30. The van der Waals surface area contributed by atoms with Crippen molar-refractivity contribution < 1.29 is 13.2 Å². The van der Waals surface area contributed by atoms with E-state index in [9.17, 15) is 13.2 Å². The van der Waals surface area contributed by atoms with Gasteiger partial charge in [0.25, 0.3) is 0 Å². The molecular formula is C27H40F3IN5Sb. The summed E-state index contributed by atoms with van der Waals surface area (Å²) in [5.41, 5.74) is 8.07. The molecule has 2 aliphatic rings. The molecule has 1 aromatic heterocycles. The van der Waals surface area contributed by atoms with E-state index in [-0.39, 0.29) is 5.92 Å². The van der Waals surface area contributed by atoms with Gasteiger partial charge >= 0.3 is 43.7 Å². The number of fused-ring (bicyclic) bond motifs is 1. The van der Waals surface area contributed by atoms with Crippen LogP contribution >= 0.6 is 18.5 Å². The topological polar surface area (TPSA) is 59.4 Å². The first-order valence-corrected chi connectivity index (χ1v) is 19.8. The van der Waals surface area contributed by atoms with Gasteiger partial charge in [0.1, 0.15) is 5.82 Å². The van der Waals surface area contributed by atoms with Crippen LogP contribution in [0.4, 0.5) is 13.2 Å². The number of nitrogens with zero attached hydrogens (tertiary/aromatic N) is 4. The second-order valence-electron chi connectivity index (χ2n) is 8.33. The summed E-state index contributed by atoms with van der Waals surface area (Å²) in [6, 6.07) is 1.91. The average molecular weight is 740 g/mol. The van der Waals surface area contributed by atoms with Crippen LogP contribution in [-0.4, -0.2) is 53.1 Å². The zero-order valence-electron chi connectivity index (χ0n) is 22.7. The summed E-state index contributed by atoms with van der Waals surface area (Å²) in [7, 11) is 1.95. The van der Waals surface area contributed by atoms with Crippen LogP contribution in [0.2, 0.25) is 0 Å².